The van der Waals surface area contributed by atoms with Gasteiger partial charge in [-0.15, -0.1) is 0 Å². The van der Waals surface area contributed by atoms with Crippen molar-refractivity contribution in [3.8, 4) is 0 Å². The number of hydrogen-bond donors (Lipinski definition) is 1. The van der Waals surface area contributed by atoms with Gasteiger partial charge in [0.15, 0.2) is 5.82 Å². The number of benzene rings is 2. The summed E-state index contributed by atoms with van der Waals surface area (Å²) >= 11 is 9.99. The van der Waals surface area contributed by atoms with Crippen LogP contribution in [-0.2, 0) is 0 Å². The molecule has 0 saturated carbocycles. The van der Waals surface area contributed by atoms with Crippen molar-refractivity contribution in [1.82, 2.24) is 14.9 Å². The number of halogens is 2. The largest absolute Gasteiger partial charge is 0.367 e. The highest BCUT2D eigenvalue weighted by molar-refractivity contribution is 9.10. The molecule has 0 saturated heterocycles. The highest BCUT2D eigenvalue weighted by Gasteiger charge is 2.13. The third kappa shape index (κ3) is 6.76. The molecular formula is C25H30BrClN4. The first-order valence-corrected chi connectivity index (χ1v) is 12.1. The minimum atomic E-state index is 0.285. The van der Waals surface area contributed by atoms with Crippen LogP contribution in [-0.4, -0.2) is 40.5 Å². The number of rotatable bonds is 10. The van der Waals surface area contributed by atoms with Gasteiger partial charge < -0.3 is 10.2 Å². The van der Waals surface area contributed by atoms with Crippen LogP contribution >= 0.6 is 27.5 Å². The van der Waals surface area contributed by atoms with Crippen LogP contribution in [0.3, 0.4) is 0 Å². The fraction of sp³-hybridized carbons (Fsp3) is 0.360. The Morgan fingerprint density at radius 3 is 2.52 bits per heavy atom. The maximum atomic E-state index is 6.52. The van der Waals surface area contributed by atoms with Crippen LogP contribution in [0.15, 0.2) is 46.9 Å². The van der Waals surface area contributed by atoms with Crippen molar-refractivity contribution in [1.29, 1.82) is 0 Å². The van der Waals surface area contributed by atoms with Crippen LogP contribution < -0.4 is 5.32 Å². The molecule has 0 aliphatic carbocycles. The van der Waals surface area contributed by atoms with Crippen LogP contribution in [0, 0.1) is 0 Å². The summed E-state index contributed by atoms with van der Waals surface area (Å²) in [5, 5.41) is 5.13. The number of nitrogens with zero attached hydrogens (tertiary/aromatic N) is 3. The molecule has 31 heavy (non-hydrogen) atoms. The standard InChI is InChI=1S/C25H30BrClN4/c1-4-31(5-2)17-7-8-18(3)28-25-24-21(27)9-6-10-22(24)29-23(30-25)16-13-19-11-14-20(26)15-12-19/h6,9-16,18H,4-5,7-8,17H2,1-3H3,(H,28,29,30)/b16-13+/t18-/m0/s1. The number of aromatic nitrogens is 2. The first kappa shape index (κ1) is 23.7. The summed E-state index contributed by atoms with van der Waals surface area (Å²) in [5.41, 5.74) is 1.94. The van der Waals surface area contributed by atoms with Gasteiger partial charge in [0.05, 0.1) is 15.9 Å². The topological polar surface area (TPSA) is 41.0 Å². The lowest BCUT2D eigenvalue weighted by Gasteiger charge is -2.20. The number of fused-ring (bicyclic) bond motifs is 1. The Kier molecular flexibility index (Phi) is 8.88. The Morgan fingerprint density at radius 1 is 1.06 bits per heavy atom. The van der Waals surface area contributed by atoms with E-state index in [1.165, 1.54) is 0 Å². The molecule has 1 atom stereocenters. The van der Waals surface area contributed by atoms with E-state index in [-0.39, 0.29) is 6.04 Å². The van der Waals surface area contributed by atoms with Crippen molar-refractivity contribution in [2.24, 2.45) is 0 Å². The second kappa shape index (κ2) is 11.6. The van der Waals surface area contributed by atoms with E-state index in [9.17, 15) is 0 Å². The molecule has 2 aromatic carbocycles. The molecule has 0 radical (unpaired) electrons. The Bertz CT molecular complexity index is 1020. The van der Waals surface area contributed by atoms with Crippen LogP contribution in [0.4, 0.5) is 5.82 Å². The third-order valence-electron chi connectivity index (χ3n) is 5.37. The molecule has 3 aromatic rings. The molecular weight excluding hydrogens is 472 g/mol. The van der Waals surface area contributed by atoms with Crippen molar-refractivity contribution in [2.75, 3.05) is 25.0 Å². The smallest absolute Gasteiger partial charge is 0.154 e. The molecule has 4 nitrogen and oxygen atoms in total. The fourth-order valence-electron chi connectivity index (χ4n) is 3.55. The predicted octanol–water partition coefficient (Wildman–Crippen LogP) is 7.14. The lowest BCUT2D eigenvalue weighted by atomic mass is 10.1. The average Bonchev–Trinajstić information content (AvgIpc) is 2.76. The van der Waals surface area contributed by atoms with Gasteiger partial charge in [0, 0.05) is 10.5 Å². The van der Waals surface area contributed by atoms with Crippen molar-refractivity contribution >= 4 is 56.4 Å². The van der Waals surface area contributed by atoms with Gasteiger partial charge in [0.2, 0.25) is 0 Å². The summed E-state index contributed by atoms with van der Waals surface area (Å²) in [7, 11) is 0. The van der Waals surface area contributed by atoms with E-state index in [1.54, 1.807) is 0 Å². The Hall–Kier alpha value is -1.95. The molecule has 6 heteroatoms. The normalized spacial score (nSPS) is 12.7. The van der Waals surface area contributed by atoms with Crippen molar-refractivity contribution < 1.29 is 0 Å². The molecule has 0 bridgehead atoms. The van der Waals surface area contributed by atoms with Crippen molar-refractivity contribution in [2.45, 2.75) is 39.7 Å². The summed E-state index contributed by atoms with van der Waals surface area (Å²) in [6.45, 7) is 9.93. The van der Waals surface area contributed by atoms with Crippen molar-refractivity contribution in [3.63, 3.8) is 0 Å². The molecule has 0 unspecified atom stereocenters. The van der Waals surface area contributed by atoms with Gasteiger partial charge in [-0.25, -0.2) is 9.97 Å². The third-order valence-corrected chi connectivity index (χ3v) is 6.22. The first-order chi connectivity index (χ1) is 15.0. The molecule has 0 amide bonds. The van der Waals surface area contributed by atoms with Gasteiger partial charge in [-0.05, 0) is 75.3 Å². The highest BCUT2D eigenvalue weighted by Crippen LogP contribution is 2.29. The molecule has 3 rings (SSSR count). The Morgan fingerprint density at radius 2 is 1.81 bits per heavy atom. The molecule has 0 aliphatic rings. The minimum absolute atomic E-state index is 0.285. The van der Waals surface area contributed by atoms with Crippen LogP contribution in [0.2, 0.25) is 5.02 Å². The molecule has 0 aliphatic heterocycles. The summed E-state index contributed by atoms with van der Waals surface area (Å²) in [6.07, 6.45) is 6.18. The minimum Gasteiger partial charge on any atom is -0.367 e. The fourth-order valence-corrected chi connectivity index (χ4v) is 4.07. The van der Waals surface area contributed by atoms with Crippen LogP contribution in [0.5, 0.6) is 0 Å². The Labute approximate surface area is 198 Å². The number of nitrogens with one attached hydrogen (secondary N) is 1. The van der Waals surface area contributed by atoms with Gasteiger partial charge in [-0.1, -0.05) is 65.7 Å². The van der Waals surface area contributed by atoms with E-state index in [0.717, 1.165) is 59.2 Å². The Balaban J connectivity index is 1.80. The quantitative estimate of drug-likeness (QED) is 0.320. The average molecular weight is 502 g/mol. The maximum Gasteiger partial charge on any atom is 0.154 e. The predicted molar refractivity (Wildman–Crippen MR) is 138 cm³/mol. The van der Waals surface area contributed by atoms with Gasteiger partial charge in [0.25, 0.3) is 0 Å². The van der Waals surface area contributed by atoms with E-state index in [1.807, 2.05) is 42.5 Å². The molecule has 1 N–H and O–H groups in total. The van der Waals surface area contributed by atoms with E-state index >= 15 is 0 Å². The van der Waals surface area contributed by atoms with Gasteiger partial charge in [-0.3, -0.25) is 0 Å². The zero-order chi connectivity index (χ0) is 22.2. The number of hydrogen-bond acceptors (Lipinski definition) is 4. The lowest BCUT2D eigenvalue weighted by Crippen LogP contribution is -2.25. The van der Waals surface area contributed by atoms with E-state index < -0.39 is 0 Å². The van der Waals surface area contributed by atoms with Gasteiger partial charge in [0.1, 0.15) is 5.82 Å². The lowest BCUT2D eigenvalue weighted by molar-refractivity contribution is 0.295. The molecule has 1 heterocycles. The monoisotopic (exact) mass is 500 g/mol. The van der Waals surface area contributed by atoms with Gasteiger partial charge in [-0.2, -0.15) is 0 Å². The second-order valence-corrected chi connectivity index (χ2v) is 8.99. The summed E-state index contributed by atoms with van der Waals surface area (Å²) in [5.74, 6) is 1.46. The van der Waals surface area contributed by atoms with Gasteiger partial charge >= 0.3 is 0 Å². The van der Waals surface area contributed by atoms with Crippen LogP contribution in [0.25, 0.3) is 23.1 Å². The highest BCUT2D eigenvalue weighted by atomic mass is 79.9. The summed E-state index contributed by atoms with van der Waals surface area (Å²) in [6, 6.07) is 14.2. The first-order valence-electron chi connectivity index (χ1n) is 10.9. The maximum absolute atomic E-state index is 6.52. The zero-order valence-corrected chi connectivity index (χ0v) is 20.7. The van der Waals surface area contributed by atoms with E-state index in [4.69, 9.17) is 21.6 Å². The zero-order valence-electron chi connectivity index (χ0n) is 18.4. The molecule has 0 spiro atoms. The SMILES string of the molecule is CCN(CC)CCC[C@H](C)Nc1nc(/C=C/c2ccc(Br)cc2)nc2cccc(Cl)c12. The molecule has 164 valence electrons. The van der Waals surface area contributed by atoms with Crippen molar-refractivity contribution in [3.05, 3.63) is 63.3 Å². The summed E-state index contributed by atoms with van der Waals surface area (Å²) < 4.78 is 1.06. The molecule has 0 fully saturated rings. The van der Waals surface area contributed by atoms with E-state index in [2.05, 4.69) is 59.1 Å². The second-order valence-electron chi connectivity index (χ2n) is 7.66. The van der Waals surface area contributed by atoms with Crippen LogP contribution in [0.1, 0.15) is 45.0 Å². The van der Waals surface area contributed by atoms with E-state index in [0.29, 0.717) is 10.8 Å². The summed E-state index contributed by atoms with van der Waals surface area (Å²) in [4.78, 5) is 12.0. The molecule has 1 aromatic heterocycles. The number of anilines is 1.